The van der Waals surface area contributed by atoms with Gasteiger partial charge in [0, 0.05) is 34.5 Å². The molecule has 1 unspecified atom stereocenters. The van der Waals surface area contributed by atoms with Gasteiger partial charge in [-0.2, -0.15) is 0 Å². The third kappa shape index (κ3) is 3.99. The second kappa shape index (κ2) is 7.93. The van der Waals surface area contributed by atoms with Gasteiger partial charge < -0.3 is 0 Å². The highest BCUT2D eigenvalue weighted by atomic mass is 79.9. The van der Waals surface area contributed by atoms with Crippen LogP contribution in [-0.2, 0) is 4.79 Å². The molecule has 0 radical (unpaired) electrons. The van der Waals surface area contributed by atoms with Gasteiger partial charge in [-0.15, -0.1) is 10.2 Å². The lowest BCUT2D eigenvalue weighted by atomic mass is 10.2. The molecule has 3 rings (SSSR count). The number of rotatable bonds is 6. The van der Waals surface area contributed by atoms with E-state index in [9.17, 15) is 4.79 Å². The van der Waals surface area contributed by atoms with E-state index in [4.69, 9.17) is 0 Å². The van der Waals surface area contributed by atoms with Crippen LogP contribution in [0.5, 0.6) is 0 Å². The molecular weight excluding hydrogens is 400 g/mol. The Balaban J connectivity index is 2.08. The Bertz CT molecular complexity index is 865. The number of ketones is 1. The van der Waals surface area contributed by atoms with E-state index in [0.717, 1.165) is 15.7 Å². The topological polar surface area (TPSA) is 60.7 Å². The minimum Gasteiger partial charge on any atom is -0.298 e. The van der Waals surface area contributed by atoms with Crippen molar-refractivity contribution in [2.24, 2.45) is 0 Å². The van der Waals surface area contributed by atoms with Crippen LogP contribution in [0.2, 0.25) is 0 Å². The van der Waals surface area contributed by atoms with E-state index in [1.54, 1.807) is 12.4 Å². The largest absolute Gasteiger partial charge is 0.298 e. The molecule has 0 spiro atoms. The number of pyridine rings is 1. The van der Waals surface area contributed by atoms with Crippen LogP contribution >= 0.6 is 27.7 Å². The van der Waals surface area contributed by atoms with Gasteiger partial charge in [0.25, 0.3) is 0 Å². The third-order valence-electron chi connectivity index (χ3n) is 3.72. The van der Waals surface area contributed by atoms with Crippen LogP contribution in [0.4, 0.5) is 0 Å². The molecule has 2 aromatic heterocycles. The first kappa shape index (κ1) is 17.8. The molecule has 2 heterocycles. The van der Waals surface area contributed by atoms with Crippen molar-refractivity contribution in [3.05, 3.63) is 53.3 Å². The number of nitrogens with zero attached hydrogens (tertiary/aromatic N) is 4. The van der Waals surface area contributed by atoms with E-state index in [-0.39, 0.29) is 11.0 Å². The fourth-order valence-corrected chi connectivity index (χ4v) is 3.63. The van der Waals surface area contributed by atoms with Crippen LogP contribution < -0.4 is 0 Å². The summed E-state index contributed by atoms with van der Waals surface area (Å²) in [5.74, 6) is 0.896. The van der Waals surface area contributed by atoms with E-state index in [2.05, 4.69) is 31.1 Å². The quantitative estimate of drug-likeness (QED) is 0.551. The molecule has 5 nitrogen and oxygen atoms in total. The maximum atomic E-state index is 12.0. The number of hydrogen-bond acceptors (Lipinski definition) is 5. The van der Waals surface area contributed by atoms with Crippen molar-refractivity contribution in [3.8, 4) is 17.1 Å². The average Bonchev–Trinajstić information content (AvgIpc) is 3.06. The van der Waals surface area contributed by atoms with Crippen molar-refractivity contribution in [2.45, 2.75) is 30.7 Å². The summed E-state index contributed by atoms with van der Waals surface area (Å²) in [6.45, 7) is 3.78. The molecule has 0 fully saturated rings. The monoisotopic (exact) mass is 416 g/mol. The zero-order valence-electron chi connectivity index (χ0n) is 13.9. The lowest BCUT2D eigenvalue weighted by Crippen LogP contribution is -2.12. The molecule has 128 valence electrons. The van der Waals surface area contributed by atoms with E-state index in [1.165, 1.54) is 11.8 Å². The van der Waals surface area contributed by atoms with E-state index >= 15 is 0 Å². The molecule has 0 aliphatic heterocycles. The van der Waals surface area contributed by atoms with Crippen molar-refractivity contribution in [1.82, 2.24) is 19.7 Å². The Morgan fingerprint density at radius 2 is 2.00 bits per heavy atom. The minimum atomic E-state index is -0.176. The lowest BCUT2D eigenvalue weighted by molar-refractivity contribution is -0.118. The van der Waals surface area contributed by atoms with Crippen LogP contribution in [-0.4, -0.2) is 30.8 Å². The van der Waals surface area contributed by atoms with E-state index in [1.807, 2.05) is 54.8 Å². The van der Waals surface area contributed by atoms with Crippen LogP contribution in [0.3, 0.4) is 0 Å². The van der Waals surface area contributed by atoms with Crippen LogP contribution in [0.15, 0.2) is 58.4 Å². The van der Waals surface area contributed by atoms with Crippen LogP contribution in [0.25, 0.3) is 17.1 Å². The Labute approximate surface area is 159 Å². The van der Waals surface area contributed by atoms with Gasteiger partial charge in [0.15, 0.2) is 11.0 Å². The number of thioether (sulfide) groups is 1. The van der Waals surface area contributed by atoms with Crippen molar-refractivity contribution < 1.29 is 4.79 Å². The summed E-state index contributed by atoms with van der Waals surface area (Å²) in [7, 11) is 0. The zero-order valence-corrected chi connectivity index (χ0v) is 16.3. The molecule has 0 saturated carbocycles. The minimum absolute atomic E-state index is 0.176. The van der Waals surface area contributed by atoms with Crippen LogP contribution in [0, 0.1) is 0 Å². The molecule has 7 heteroatoms. The van der Waals surface area contributed by atoms with Gasteiger partial charge >= 0.3 is 0 Å². The highest BCUT2D eigenvalue weighted by Crippen LogP contribution is 2.30. The van der Waals surface area contributed by atoms with Crippen LogP contribution in [0.1, 0.15) is 20.3 Å². The summed E-state index contributed by atoms with van der Waals surface area (Å²) in [4.78, 5) is 16.2. The summed E-state index contributed by atoms with van der Waals surface area (Å²) in [6.07, 6.45) is 3.99. The SMILES string of the molecule is CCC(=O)C(C)Sc1nnc(-c2cccnc2)n1-c1ccc(Br)cc1. The number of Topliss-reactive ketones (excluding diaryl/α,β-unsaturated/α-hetero) is 1. The molecule has 0 bridgehead atoms. The van der Waals surface area contributed by atoms with Crippen molar-refractivity contribution >= 4 is 33.5 Å². The summed E-state index contributed by atoms with van der Waals surface area (Å²) >= 11 is 4.88. The molecule has 3 aromatic rings. The Morgan fingerprint density at radius 1 is 1.24 bits per heavy atom. The van der Waals surface area contributed by atoms with Gasteiger partial charge in [-0.3, -0.25) is 14.3 Å². The standard InChI is InChI=1S/C18H17BrN4OS/c1-3-16(24)12(2)25-18-22-21-17(13-5-4-10-20-11-13)23(18)15-8-6-14(19)7-9-15/h4-12H,3H2,1-2H3. The zero-order chi connectivity index (χ0) is 17.8. The van der Waals surface area contributed by atoms with Gasteiger partial charge in [0.2, 0.25) is 0 Å². The van der Waals surface area contributed by atoms with Gasteiger partial charge in [-0.25, -0.2) is 0 Å². The molecule has 25 heavy (non-hydrogen) atoms. The normalized spacial score (nSPS) is 12.1. The Morgan fingerprint density at radius 3 is 2.64 bits per heavy atom. The fraction of sp³-hybridized carbons (Fsp3) is 0.222. The second-order valence-corrected chi connectivity index (χ2v) is 7.66. The molecule has 0 saturated heterocycles. The van der Waals surface area contributed by atoms with E-state index in [0.29, 0.717) is 17.4 Å². The van der Waals surface area contributed by atoms with Crippen molar-refractivity contribution in [1.29, 1.82) is 0 Å². The number of carbonyl (C=O) groups is 1. The van der Waals surface area contributed by atoms with Gasteiger partial charge in [-0.05, 0) is 43.3 Å². The fourth-order valence-electron chi connectivity index (χ4n) is 2.36. The second-order valence-electron chi connectivity index (χ2n) is 5.44. The maximum Gasteiger partial charge on any atom is 0.196 e. The Hall–Kier alpha value is -1.99. The van der Waals surface area contributed by atoms with Gasteiger partial charge in [-0.1, -0.05) is 34.6 Å². The summed E-state index contributed by atoms with van der Waals surface area (Å²) in [5, 5.41) is 9.20. The first-order valence-corrected chi connectivity index (χ1v) is 9.58. The molecule has 1 atom stereocenters. The Kier molecular flexibility index (Phi) is 5.65. The van der Waals surface area contributed by atoms with E-state index < -0.39 is 0 Å². The predicted octanol–water partition coefficient (Wildman–Crippen LogP) is 4.55. The lowest BCUT2D eigenvalue weighted by Gasteiger charge is -2.12. The molecule has 0 amide bonds. The summed E-state index contributed by atoms with van der Waals surface area (Å²) in [5.41, 5.74) is 1.81. The summed E-state index contributed by atoms with van der Waals surface area (Å²) < 4.78 is 2.96. The molecule has 1 aromatic carbocycles. The molecule has 0 aliphatic carbocycles. The summed E-state index contributed by atoms with van der Waals surface area (Å²) in [6, 6.07) is 11.7. The highest BCUT2D eigenvalue weighted by Gasteiger charge is 2.21. The number of aromatic nitrogens is 4. The maximum absolute atomic E-state index is 12.0. The van der Waals surface area contributed by atoms with Gasteiger partial charge in [0.1, 0.15) is 5.78 Å². The smallest absolute Gasteiger partial charge is 0.196 e. The molecular formula is C18H17BrN4OS. The average molecular weight is 417 g/mol. The predicted molar refractivity (Wildman–Crippen MR) is 103 cm³/mol. The number of carbonyl (C=O) groups excluding carboxylic acids is 1. The first-order chi connectivity index (χ1) is 12.1. The van der Waals surface area contributed by atoms with Gasteiger partial charge in [0.05, 0.1) is 5.25 Å². The van der Waals surface area contributed by atoms with Crippen molar-refractivity contribution in [3.63, 3.8) is 0 Å². The highest BCUT2D eigenvalue weighted by molar-refractivity contribution is 9.10. The molecule has 0 N–H and O–H groups in total. The van der Waals surface area contributed by atoms with Crippen molar-refractivity contribution in [2.75, 3.05) is 0 Å². The number of halogens is 1. The number of benzene rings is 1. The third-order valence-corrected chi connectivity index (χ3v) is 5.34. The first-order valence-electron chi connectivity index (χ1n) is 7.91. The number of hydrogen-bond donors (Lipinski definition) is 0. The molecule has 0 aliphatic rings.